The predicted octanol–water partition coefficient (Wildman–Crippen LogP) is 2.79. The Morgan fingerprint density at radius 3 is 2.94 bits per heavy atom. The average Bonchev–Trinajstić information content (AvgIpc) is 2.85. The molecule has 0 aliphatic heterocycles. The van der Waals surface area contributed by atoms with E-state index in [1.165, 1.54) is 11.3 Å². The Hall–Kier alpha value is -1.62. The first-order valence-corrected chi connectivity index (χ1v) is 6.18. The molecule has 0 bridgehead atoms. The Kier molecular flexibility index (Phi) is 3.02. The third-order valence-electron chi connectivity index (χ3n) is 2.60. The topological polar surface area (TPSA) is 66.0 Å². The summed E-state index contributed by atoms with van der Waals surface area (Å²) >= 11 is 1.50. The molecule has 0 saturated heterocycles. The minimum Gasteiger partial charge on any atom is -0.481 e. The van der Waals surface area contributed by atoms with Crippen molar-refractivity contribution in [2.24, 2.45) is 5.41 Å². The number of carboxylic acid groups (broad SMARTS) is 1. The monoisotopic (exact) mass is 250 g/mol. The number of carboxylic acids is 1. The molecular weight excluding hydrogens is 236 g/mol. The zero-order valence-corrected chi connectivity index (χ0v) is 10.5. The van der Waals surface area contributed by atoms with E-state index >= 15 is 0 Å². The number of aromatic amines is 1. The van der Waals surface area contributed by atoms with Gasteiger partial charge >= 0.3 is 5.97 Å². The maximum atomic E-state index is 11.0. The van der Waals surface area contributed by atoms with Gasteiger partial charge in [0, 0.05) is 18.0 Å². The van der Waals surface area contributed by atoms with Crippen LogP contribution in [-0.4, -0.2) is 21.0 Å². The van der Waals surface area contributed by atoms with Gasteiger partial charge in [-0.25, -0.2) is 4.98 Å². The number of hydrogen-bond acceptors (Lipinski definition) is 3. The molecule has 0 unspecified atom stereocenters. The van der Waals surface area contributed by atoms with Crippen LogP contribution in [0.3, 0.4) is 0 Å². The van der Waals surface area contributed by atoms with Gasteiger partial charge in [-0.05, 0) is 26.0 Å². The van der Waals surface area contributed by atoms with Crippen molar-refractivity contribution in [1.29, 1.82) is 0 Å². The van der Waals surface area contributed by atoms with E-state index in [1.54, 1.807) is 13.8 Å². The van der Waals surface area contributed by atoms with Crippen LogP contribution in [0.2, 0.25) is 0 Å². The molecule has 17 heavy (non-hydrogen) atoms. The second-order valence-corrected chi connectivity index (χ2v) is 5.52. The molecule has 2 aromatic rings. The standard InChI is InChI=1S/C12H14N2O2S/c1-12(2,11(15)16)6-10-14-9(7-17-10)8-4-3-5-13-8/h3-5,7,13H,6H2,1-2H3,(H,15,16). The van der Waals surface area contributed by atoms with Crippen molar-refractivity contribution in [3.63, 3.8) is 0 Å². The molecular formula is C12H14N2O2S. The highest BCUT2D eigenvalue weighted by molar-refractivity contribution is 7.09. The summed E-state index contributed by atoms with van der Waals surface area (Å²) in [5.74, 6) is -0.797. The third-order valence-corrected chi connectivity index (χ3v) is 3.45. The summed E-state index contributed by atoms with van der Waals surface area (Å²) in [6.45, 7) is 3.43. The average molecular weight is 250 g/mol. The molecule has 2 N–H and O–H groups in total. The van der Waals surface area contributed by atoms with Crippen LogP contribution in [0.5, 0.6) is 0 Å². The van der Waals surface area contributed by atoms with Gasteiger partial charge in [-0.2, -0.15) is 0 Å². The van der Waals surface area contributed by atoms with E-state index in [2.05, 4.69) is 9.97 Å². The molecule has 0 amide bonds. The second-order valence-electron chi connectivity index (χ2n) is 4.58. The van der Waals surface area contributed by atoms with Crippen LogP contribution in [-0.2, 0) is 11.2 Å². The molecule has 0 aromatic carbocycles. The summed E-state index contributed by atoms with van der Waals surface area (Å²) in [4.78, 5) is 18.6. The second kappa shape index (κ2) is 4.33. The van der Waals surface area contributed by atoms with Gasteiger partial charge in [-0.1, -0.05) is 0 Å². The zero-order chi connectivity index (χ0) is 12.5. The molecule has 0 atom stereocenters. The van der Waals surface area contributed by atoms with Crippen LogP contribution in [0.15, 0.2) is 23.7 Å². The van der Waals surface area contributed by atoms with Crippen LogP contribution in [0.1, 0.15) is 18.9 Å². The number of nitrogens with zero attached hydrogens (tertiary/aromatic N) is 1. The highest BCUT2D eigenvalue weighted by Gasteiger charge is 2.28. The Morgan fingerprint density at radius 1 is 1.59 bits per heavy atom. The fourth-order valence-corrected chi connectivity index (χ4v) is 2.48. The highest BCUT2D eigenvalue weighted by Crippen LogP contribution is 2.27. The number of H-pyrrole nitrogens is 1. The molecule has 0 fully saturated rings. The van der Waals surface area contributed by atoms with Gasteiger partial charge in [0.05, 0.1) is 21.8 Å². The first-order chi connectivity index (χ1) is 7.99. The van der Waals surface area contributed by atoms with E-state index in [0.717, 1.165) is 16.4 Å². The molecule has 2 heterocycles. The molecule has 90 valence electrons. The largest absolute Gasteiger partial charge is 0.481 e. The minimum atomic E-state index is -0.797. The Balaban J connectivity index is 2.17. The van der Waals surface area contributed by atoms with Crippen LogP contribution >= 0.6 is 11.3 Å². The van der Waals surface area contributed by atoms with E-state index in [1.807, 2.05) is 23.7 Å². The normalized spacial score (nSPS) is 11.6. The van der Waals surface area contributed by atoms with Gasteiger partial charge in [0.15, 0.2) is 0 Å². The lowest BCUT2D eigenvalue weighted by Gasteiger charge is -2.16. The number of hydrogen-bond donors (Lipinski definition) is 2. The summed E-state index contributed by atoms with van der Waals surface area (Å²) in [6.07, 6.45) is 2.29. The quantitative estimate of drug-likeness (QED) is 0.876. The van der Waals surface area contributed by atoms with Gasteiger partial charge in [0.25, 0.3) is 0 Å². The lowest BCUT2D eigenvalue weighted by atomic mass is 9.90. The molecule has 0 radical (unpaired) electrons. The number of thiazole rings is 1. The summed E-state index contributed by atoms with van der Waals surface area (Å²) in [6, 6.07) is 3.86. The molecule has 0 spiro atoms. The van der Waals surface area contributed by atoms with Gasteiger partial charge < -0.3 is 10.1 Å². The molecule has 4 nitrogen and oxygen atoms in total. The summed E-state index contributed by atoms with van der Waals surface area (Å²) in [7, 11) is 0. The Morgan fingerprint density at radius 2 is 2.35 bits per heavy atom. The fraction of sp³-hybridized carbons (Fsp3) is 0.333. The molecule has 2 aromatic heterocycles. The first kappa shape index (κ1) is 11.9. The minimum absolute atomic E-state index is 0.452. The molecule has 5 heteroatoms. The van der Waals surface area contributed by atoms with Crippen LogP contribution in [0, 0.1) is 5.41 Å². The van der Waals surface area contributed by atoms with Crippen LogP contribution in [0.4, 0.5) is 0 Å². The van der Waals surface area contributed by atoms with Crippen molar-refractivity contribution in [2.75, 3.05) is 0 Å². The first-order valence-electron chi connectivity index (χ1n) is 5.30. The Bertz CT molecular complexity index is 514. The van der Waals surface area contributed by atoms with E-state index in [0.29, 0.717) is 6.42 Å². The third kappa shape index (κ3) is 2.55. The molecule has 0 aliphatic rings. The number of carbonyl (C=O) groups is 1. The predicted molar refractivity (Wildman–Crippen MR) is 67.0 cm³/mol. The van der Waals surface area contributed by atoms with E-state index in [-0.39, 0.29) is 0 Å². The van der Waals surface area contributed by atoms with Gasteiger partial charge in [-0.3, -0.25) is 4.79 Å². The van der Waals surface area contributed by atoms with Crippen molar-refractivity contribution in [3.8, 4) is 11.4 Å². The van der Waals surface area contributed by atoms with E-state index in [4.69, 9.17) is 5.11 Å². The number of aliphatic carboxylic acids is 1. The van der Waals surface area contributed by atoms with E-state index in [9.17, 15) is 4.79 Å². The number of rotatable bonds is 4. The van der Waals surface area contributed by atoms with Crippen molar-refractivity contribution < 1.29 is 9.90 Å². The Labute approximate surface area is 103 Å². The lowest BCUT2D eigenvalue weighted by molar-refractivity contribution is -0.146. The molecule has 0 saturated carbocycles. The number of aromatic nitrogens is 2. The van der Waals surface area contributed by atoms with E-state index < -0.39 is 11.4 Å². The summed E-state index contributed by atoms with van der Waals surface area (Å²) in [5.41, 5.74) is 1.06. The summed E-state index contributed by atoms with van der Waals surface area (Å²) in [5, 5.41) is 11.9. The highest BCUT2D eigenvalue weighted by atomic mass is 32.1. The smallest absolute Gasteiger partial charge is 0.309 e. The van der Waals surface area contributed by atoms with Crippen LogP contribution in [0.25, 0.3) is 11.4 Å². The van der Waals surface area contributed by atoms with Gasteiger partial charge in [0.1, 0.15) is 0 Å². The summed E-state index contributed by atoms with van der Waals surface area (Å²) < 4.78 is 0. The SMILES string of the molecule is CC(C)(Cc1nc(-c2ccc[nH]2)cs1)C(=O)O. The number of nitrogens with one attached hydrogen (secondary N) is 1. The van der Waals surface area contributed by atoms with Gasteiger partial charge in [-0.15, -0.1) is 11.3 Å². The van der Waals surface area contributed by atoms with Crippen molar-refractivity contribution in [1.82, 2.24) is 9.97 Å². The molecule has 2 rings (SSSR count). The molecule has 0 aliphatic carbocycles. The maximum Gasteiger partial charge on any atom is 0.309 e. The maximum absolute atomic E-state index is 11.0. The van der Waals surface area contributed by atoms with Crippen molar-refractivity contribution in [2.45, 2.75) is 20.3 Å². The fourth-order valence-electron chi connectivity index (χ4n) is 1.46. The lowest BCUT2D eigenvalue weighted by Crippen LogP contribution is -2.26. The van der Waals surface area contributed by atoms with Crippen molar-refractivity contribution >= 4 is 17.3 Å². The zero-order valence-electron chi connectivity index (χ0n) is 9.73. The van der Waals surface area contributed by atoms with Crippen molar-refractivity contribution in [3.05, 3.63) is 28.7 Å². The van der Waals surface area contributed by atoms with Gasteiger partial charge in [0.2, 0.25) is 0 Å². The van der Waals surface area contributed by atoms with Crippen LogP contribution < -0.4 is 0 Å².